The third kappa shape index (κ3) is 3.29. The van der Waals surface area contributed by atoms with Gasteiger partial charge >= 0.3 is 0 Å². The molecule has 110 valence electrons. The highest BCUT2D eigenvalue weighted by Gasteiger charge is 2.38. The molecule has 0 aromatic carbocycles. The highest BCUT2D eigenvalue weighted by atomic mass is 16.2. The molecule has 3 unspecified atom stereocenters. The van der Waals surface area contributed by atoms with E-state index in [1.807, 2.05) is 4.90 Å². The molecular weight excluding hydrogens is 238 g/mol. The molecule has 3 atom stereocenters. The Balaban J connectivity index is 1.92. The van der Waals surface area contributed by atoms with Crippen LogP contribution in [-0.2, 0) is 4.79 Å². The largest absolute Gasteiger partial charge is 0.325 e. The minimum Gasteiger partial charge on any atom is -0.325 e. The normalized spacial score (nSPS) is 31.2. The number of piperidine rings is 1. The van der Waals surface area contributed by atoms with Gasteiger partial charge in [0.2, 0.25) is 5.91 Å². The molecule has 2 fully saturated rings. The fourth-order valence-corrected chi connectivity index (χ4v) is 3.28. The van der Waals surface area contributed by atoms with Crippen LogP contribution in [0.3, 0.4) is 0 Å². The highest BCUT2D eigenvalue weighted by molar-refractivity contribution is 5.84. The summed E-state index contributed by atoms with van der Waals surface area (Å²) in [6.45, 7) is 11.8. The van der Waals surface area contributed by atoms with Crippen molar-refractivity contribution in [3.63, 3.8) is 0 Å². The van der Waals surface area contributed by atoms with E-state index in [2.05, 4.69) is 37.9 Å². The summed E-state index contributed by atoms with van der Waals surface area (Å²) in [5.41, 5.74) is 0. The van der Waals surface area contributed by atoms with E-state index in [0.29, 0.717) is 12.0 Å². The summed E-state index contributed by atoms with van der Waals surface area (Å²) in [7, 11) is 0. The Morgan fingerprint density at radius 3 is 2.37 bits per heavy atom. The Hall–Kier alpha value is -0.610. The second-order valence-corrected chi connectivity index (χ2v) is 6.50. The van der Waals surface area contributed by atoms with E-state index >= 15 is 0 Å². The van der Waals surface area contributed by atoms with Crippen LogP contribution in [-0.4, -0.2) is 53.6 Å². The Kier molecular flexibility index (Phi) is 4.85. The molecule has 0 bridgehead atoms. The molecule has 0 aromatic rings. The molecule has 1 N–H and O–H groups in total. The number of rotatable bonds is 4. The maximum Gasteiger partial charge on any atom is 0.241 e. The van der Waals surface area contributed by atoms with Crippen molar-refractivity contribution < 1.29 is 4.79 Å². The molecule has 0 aliphatic carbocycles. The van der Waals surface area contributed by atoms with Crippen molar-refractivity contribution in [2.45, 2.75) is 65.2 Å². The van der Waals surface area contributed by atoms with Crippen molar-refractivity contribution in [1.29, 1.82) is 0 Å². The van der Waals surface area contributed by atoms with Gasteiger partial charge in [0.05, 0.1) is 12.2 Å². The van der Waals surface area contributed by atoms with E-state index < -0.39 is 0 Å². The van der Waals surface area contributed by atoms with Gasteiger partial charge in [-0.1, -0.05) is 20.3 Å². The second-order valence-electron chi connectivity index (χ2n) is 6.50. The molecule has 2 rings (SSSR count). The lowest BCUT2D eigenvalue weighted by atomic mass is 10.0. The van der Waals surface area contributed by atoms with Crippen molar-refractivity contribution in [3.05, 3.63) is 0 Å². The Labute approximate surface area is 117 Å². The topological polar surface area (TPSA) is 35.6 Å². The molecule has 2 heterocycles. The van der Waals surface area contributed by atoms with Gasteiger partial charge < -0.3 is 4.90 Å². The molecule has 0 spiro atoms. The van der Waals surface area contributed by atoms with Crippen LogP contribution in [0, 0.1) is 5.92 Å². The first-order chi connectivity index (χ1) is 9.00. The molecule has 19 heavy (non-hydrogen) atoms. The molecule has 0 radical (unpaired) electrons. The summed E-state index contributed by atoms with van der Waals surface area (Å²) in [6, 6.07) is 0.475. The molecule has 0 saturated carbocycles. The number of hydrogen-bond donors (Lipinski definition) is 1. The van der Waals surface area contributed by atoms with E-state index in [1.54, 1.807) is 0 Å². The van der Waals surface area contributed by atoms with Gasteiger partial charge in [-0.25, -0.2) is 0 Å². The van der Waals surface area contributed by atoms with Gasteiger partial charge in [0, 0.05) is 12.6 Å². The summed E-state index contributed by atoms with van der Waals surface area (Å²) < 4.78 is 0. The number of nitrogens with one attached hydrogen (secondary N) is 1. The van der Waals surface area contributed by atoms with Crippen LogP contribution >= 0.6 is 0 Å². The summed E-state index contributed by atoms with van der Waals surface area (Å²) in [6.07, 6.45) is 4.15. The summed E-state index contributed by atoms with van der Waals surface area (Å²) >= 11 is 0. The second kappa shape index (κ2) is 6.23. The third-order valence-electron chi connectivity index (χ3n) is 4.58. The minimum absolute atomic E-state index is 0.00329. The molecule has 2 aliphatic rings. The average molecular weight is 267 g/mol. The quantitative estimate of drug-likeness (QED) is 0.841. The van der Waals surface area contributed by atoms with Gasteiger partial charge in [-0.15, -0.1) is 0 Å². The molecule has 2 aliphatic heterocycles. The zero-order valence-electron chi connectivity index (χ0n) is 12.9. The molecule has 0 aromatic heterocycles. The van der Waals surface area contributed by atoms with Crippen molar-refractivity contribution in [2.75, 3.05) is 19.6 Å². The predicted molar refractivity (Wildman–Crippen MR) is 77.8 cm³/mol. The van der Waals surface area contributed by atoms with Crippen LogP contribution in [0.4, 0.5) is 0 Å². The van der Waals surface area contributed by atoms with Gasteiger partial charge in [-0.05, 0) is 45.7 Å². The number of carbonyl (C=O) groups excluding carboxylic acids is 1. The summed E-state index contributed by atoms with van der Waals surface area (Å²) in [5, 5.41) is 3.42. The van der Waals surface area contributed by atoms with Gasteiger partial charge in [0.15, 0.2) is 0 Å². The standard InChI is InChI=1S/C15H29N3O/c1-11(2)14-15(19)18(13(4)16-14)10-12(3)17-8-6-5-7-9-17/h11-14,16H,5-10H2,1-4H3. The van der Waals surface area contributed by atoms with Gasteiger partial charge in [-0.2, -0.15) is 0 Å². The maximum absolute atomic E-state index is 12.4. The van der Waals surface area contributed by atoms with Crippen LogP contribution < -0.4 is 5.32 Å². The van der Waals surface area contributed by atoms with Crippen LogP contribution in [0.5, 0.6) is 0 Å². The maximum atomic E-state index is 12.4. The number of likely N-dealkylation sites (tertiary alicyclic amines) is 1. The highest BCUT2D eigenvalue weighted by Crippen LogP contribution is 2.19. The van der Waals surface area contributed by atoms with Crippen molar-refractivity contribution >= 4 is 5.91 Å². The zero-order chi connectivity index (χ0) is 14.0. The van der Waals surface area contributed by atoms with Crippen molar-refractivity contribution in [2.24, 2.45) is 5.92 Å². The van der Waals surface area contributed by atoms with Crippen molar-refractivity contribution in [3.8, 4) is 0 Å². The van der Waals surface area contributed by atoms with E-state index in [-0.39, 0.29) is 18.1 Å². The van der Waals surface area contributed by atoms with Crippen LogP contribution in [0.1, 0.15) is 47.0 Å². The van der Waals surface area contributed by atoms with E-state index in [0.717, 1.165) is 6.54 Å². The molecule has 1 amide bonds. The van der Waals surface area contributed by atoms with E-state index in [1.165, 1.54) is 32.4 Å². The van der Waals surface area contributed by atoms with Gasteiger partial charge in [0.25, 0.3) is 0 Å². The Bertz CT molecular complexity index is 313. The Morgan fingerprint density at radius 2 is 1.84 bits per heavy atom. The monoisotopic (exact) mass is 267 g/mol. The molecule has 4 nitrogen and oxygen atoms in total. The molecule has 4 heteroatoms. The van der Waals surface area contributed by atoms with Crippen LogP contribution in [0.15, 0.2) is 0 Å². The first-order valence-electron chi connectivity index (χ1n) is 7.81. The number of amides is 1. The van der Waals surface area contributed by atoms with E-state index in [9.17, 15) is 4.79 Å². The smallest absolute Gasteiger partial charge is 0.241 e. The Morgan fingerprint density at radius 1 is 1.21 bits per heavy atom. The lowest BCUT2D eigenvalue weighted by Gasteiger charge is -2.35. The fourth-order valence-electron chi connectivity index (χ4n) is 3.28. The predicted octanol–water partition coefficient (Wildman–Crippen LogP) is 1.66. The summed E-state index contributed by atoms with van der Waals surface area (Å²) in [5.74, 6) is 0.650. The minimum atomic E-state index is 0.00329. The molecule has 2 saturated heterocycles. The first-order valence-corrected chi connectivity index (χ1v) is 7.81. The van der Waals surface area contributed by atoms with Crippen LogP contribution in [0.2, 0.25) is 0 Å². The van der Waals surface area contributed by atoms with Gasteiger partial charge in [0.1, 0.15) is 0 Å². The molecular formula is C15H29N3O. The summed E-state index contributed by atoms with van der Waals surface area (Å²) in [4.78, 5) is 17.0. The number of hydrogen-bond acceptors (Lipinski definition) is 3. The first kappa shape index (κ1) is 14.8. The lowest BCUT2D eigenvalue weighted by Crippen LogP contribution is -2.47. The fraction of sp³-hybridized carbons (Fsp3) is 0.933. The number of nitrogens with zero attached hydrogens (tertiary/aromatic N) is 2. The SMILES string of the molecule is CC(C)C1NC(C)N(CC(C)N2CCCCC2)C1=O. The lowest BCUT2D eigenvalue weighted by molar-refractivity contribution is -0.131. The zero-order valence-corrected chi connectivity index (χ0v) is 12.9. The van der Waals surface area contributed by atoms with E-state index in [4.69, 9.17) is 0 Å². The average Bonchev–Trinajstić information content (AvgIpc) is 2.68. The number of carbonyl (C=O) groups is 1. The third-order valence-corrected chi connectivity index (χ3v) is 4.58. The van der Waals surface area contributed by atoms with Crippen LogP contribution in [0.25, 0.3) is 0 Å². The van der Waals surface area contributed by atoms with Crippen molar-refractivity contribution in [1.82, 2.24) is 15.1 Å². The van der Waals surface area contributed by atoms with Gasteiger partial charge in [-0.3, -0.25) is 15.0 Å².